The van der Waals surface area contributed by atoms with Crippen LogP contribution in [0.1, 0.15) is 80.1 Å². The maximum absolute atomic E-state index is 13.5. The number of hydrogen-bond donors (Lipinski definition) is 2. The Hall–Kier alpha value is -4.79. The van der Waals surface area contributed by atoms with Crippen molar-refractivity contribution in [3.8, 4) is 11.1 Å². The second-order valence-corrected chi connectivity index (χ2v) is 9.69. The molecule has 41 heavy (non-hydrogen) atoms. The Kier molecular flexibility index (Phi) is 8.24. The minimum atomic E-state index is -0.583. The second-order valence-electron chi connectivity index (χ2n) is 9.69. The lowest BCUT2D eigenvalue weighted by atomic mass is 9.89. The zero-order valence-electron chi connectivity index (χ0n) is 22.8. The number of esters is 1. The smallest absolute Gasteiger partial charge is 0.340 e. The average Bonchev–Trinajstić information content (AvgIpc) is 3.62. The third kappa shape index (κ3) is 5.89. The van der Waals surface area contributed by atoms with E-state index in [1.54, 1.807) is 55.5 Å². The lowest BCUT2D eigenvalue weighted by Crippen LogP contribution is -2.22. The number of hydrogen-bond acceptors (Lipinski definition) is 6. The van der Waals surface area contributed by atoms with Crippen molar-refractivity contribution in [1.82, 2.24) is 15.6 Å². The van der Waals surface area contributed by atoms with Gasteiger partial charge in [0.05, 0.1) is 48.0 Å². The third-order valence-corrected chi connectivity index (χ3v) is 7.05. The van der Waals surface area contributed by atoms with Gasteiger partial charge in [0.2, 0.25) is 0 Å². The molecule has 2 N–H and O–H groups in total. The van der Waals surface area contributed by atoms with E-state index in [1.807, 2.05) is 6.92 Å². The van der Waals surface area contributed by atoms with Crippen LogP contribution in [0.25, 0.3) is 11.1 Å². The van der Waals surface area contributed by atoms with Crippen molar-refractivity contribution in [1.29, 1.82) is 0 Å². The van der Waals surface area contributed by atoms with E-state index in [0.29, 0.717) is 58.7 Å². The normalized spacial score (nSPS) is 13.9. The lowest BCUT2D eigenvalue weighted by molar-refractivity contribution is 0.0525. The number of halogens is 1. The number of amides is 2. The Balaban J connectivity index is 1.56. The maximum Gasteiger partial charge on any atom is 0.340 e. The SMILES string of the molecule is CCOC(=O)c1c(CCc2ccc(F)cc2)nc2c(c1-c1ccc(C(=O)NCc3ccco3)cc1)C(=O)N[C@H]2CC. The van der Waals surface area contributed by atoms with Crippen LogP contribution in [0.4, 0.5) is 4.39 Å². The fourth-order valence-electron chi connectivity index (χ4n) is 5.01. The van der Waals surface area contributed by atoms with Crippen LogP contribution in [-0.2, 0) is 24.1 Å². The number of furan rings is 1. The summed E-state index contributed by atoms with van der Waals surface area (Å²) in [5, 5.41) is 5.79. The van der Waals surface area contributed by atoms with Crippen molar-refractivity contribution in [2.75, 3.05) is 6.61 Å². The van der Waals surface area contributed by atoms with Crippen LogP contribution >= 0.6 is 0 Å². The van der Waals surface area contributed by atoms with Crippen molar-refractivity contribution in [3.63, 3.8) is 0 Å². The molecule has 9 heteroatoms. The number of carbonyl (C=O) groups excluding carboxylic acids is 3. The number of benzene rings is 2. The van der Waals surface area contributed by atoms with Crippen molar-refractivity contribution < 1.29 is 27.9 Å². The van der Waals surface area contributed by atoms with E-state index in [1.165, 1.54) is 18.4 Å². The number of carbonyl (C=O) groups is 3. The maximum atomic E-state index is 13.5. The van der Waals surface area contributed by atoms with Crippen LogP contribution in [0.15, 0.2) is 71.3 Å². The molecule has 0 fully saturated rings. The van der Waals surface area contributed by atoms with Crippen LogP contribution in [0.2, 0.25) is 0 Å². The molecule has 0 saturated carbocycles. The molecule has 1 aliphatic rings. The number of nitrogens with zero attached hydrogens (tertiary/aromatic N) is 1. The van der Waals surface area contributed by atoms with E-state index in [4.69, 9.17) is 14.1 Å². The molecule has 0 saturated heterocycles. The van der Waals surface area contributed by atoms with E-state index in [9.17, 15) is 18.8 Å². The quantitative estimate of drug-likeness (QED) is 0.248. The van der Waals surface area contributed by atoms with Crippen molar-refractivity contribution in [2.24, 2.45) is 0 Å². The van der Waals surface area contributed by atoms with Gasteiger partial charge in [0.25, 0.3) is 11.8 Å². The van der Waals surface area contributed by atoms with Gasteiger partial charge in [-0.15, -0.1) is 0 Å². The molecule has 1 aliphatic heterocycles. The van der Waals surface area contributed by atoms with Crippen LogP contribution in [-0.4, -0.2) is 29.4 Å². The van der Waals surface area contributed by atoms with Crippen molar-refractivity contribution in [2.45, 2.75) is 45.7 Å². The van der Waals surface area contributed by atoms with Gasteiger partial charge in [-0.2, -0.15) is 0 Å². The molecule has 1 atom stereocenters. The number of fused-ring (bicyclic) bond motifs is 1. The Morgan fingerprint density at radius 2 is 1.78 bits per heavy atom. The molecule has 0 bridgehead atoms. The first-order valence-electron chi connectivity index (χ1n) is 13.6. The summed E-state index contributed by atoms with van der Waals surface area (Å²) in [4.78, 5) is 44.3. The highest BCUT2D eigenvalue weighted by atomic mass is 19.1. The van der Waals surface area contributed by atoms with Crippen LogP contribution in [0.5, 0.6) is 0 Å². The molecular formula is C32H30FN3O5. The molecule has 3 heterocycles. The summed E-state index contributed by atoms with van der Waals surface area (Å²) in [7, 11) is 0. The molecule has 2 aromatic carbocycles. The summed E-state index contributed by atoms with van der Waals surface area (Å²) in [5.74, 6) is -0.883. The van der Waals surface area contributed by atoms with E-state index < -0.39 is 5.97 Å². The van der Waals surface area contributed by atoms with Gasteiger partial charge in [-0.1, -0.05) is 31.2 Å². The van der Waals surface area contributed by atoms with Gasteiger partial charge < -0.3 is 19.8 Å². The molecule has 0 radical (unpaired) electrons. The molecular weight excluding hydrogens is 525 g/mol. The first kappa shape index (κ1) is 27.8. The summed E-state index contributed by atoms with van der Waals surface area (Å²) >= 11 is 0. The van der Waals surface area contributed by atoms with Crippen molar-refractivity contribution >= 4 is 17.8 Å². The van der Waals surface area contributed by atoms with Gasteiger partial charge >= 0.3 is 5.97 Å². The fourth-order valence-corrected chi connectivity index (χ4v) is 5.01. The Bertz CT molecular complexity index is 1560. The predicted molar refractivity (Wildman–Crippen MR) is 150 cm³/mol. The van der Waals surface area contributed by atoms with E-state index in [0.717, 1.165) is 5.56 Å². The minimum absolute atomic E-state index is 0.144. The zero-order chi connectivity index (χ0) is 28.9. The molecule has 2 amide bonds. The topological polar surface area (TPSA) is 111 Å². The lowest BCUT2D eigenvalue weighted by Gasteiger charge is -2.18. The van der Waals surface area contributed by atoms with Gasteiger partial charge in [0.15, 0.2) is 0 Å². The van der Waals surface area contributed by atoms with Crippen LogP contribution in [0.3, 0.4) is 0 Å². The zero-order valence-corrected chi connectivity index (χ0v) is 22.8. The molecule has 0 aliphatic carbocycles. The average molecular weight is 556 g/mol. The first-order chi connectivity index (χ1) is 19.9. The summed E-state index contributed by atoms with van der Waals surface area (Å²) < 4.78 is 24.2. The Morgan fingerprint density at radius 3 is 2.44 bits per heavy atom. The number of rotatable bonds is 10. The summed E-state index contributed by atoms with van der Waals surface area (Å²) in [6.07, 6.45) is 3.04. The number of ether oxygens (including phenoxy) is 1. The monoisotopic (exact) mass is 555 g/mol. The highest BCUT2D eigenvalue weighted by Crippen LogP contribution is 2.38. The molecule has 4 aromatic rings. The number of aromatic nitrogens is 1. The van der Waals surface area contributed by atoms with Gasteiger partial charge in [0.1, 0.15) is 11.6 Å². The number of nitrogens with one attached hydrogen (secondary N) is 2. The highest BCUT2D eigenvalue weighted by Gasteiger charge is 2.36. The Morgan fingerprint density at radius 1 is 1.02 bits per heavy atom. The van der Waals surface area contributed by atoms with Crippen LogP contribution in [0, 0.1) is 5.82 Å². The minimum Gasteiger partial charge on any atom is -0.467 e. The van der Waals surface area contributed by atoms with Gasteiger partial charge in [-0.3, -0.25) is 14.6 Å². The van der Waals surface area contributed by atoms with E-state index in [-0.39, 0.29) is 42.4 Å². The van der Waals surface area contributed by atoms with E-state index >= 15 is 0 Å². The number of aryl methyl sites for hydroxylation is 2. The van der Waals surface area contributed by atoms with Crippen molar-refractivity contribution in [3.05, 3.63) is 112 Å². The molecule has 2 aromatic heterocycles. The highest BCUT2D eigenvalue weighted by molar-refractivity contribution is 6.10. The largest absolute Gasteiger partial charge is 0.467 e. The second kappa shape index (κ2) is 12.2. The number of pyridine rings is 1. The van der Waals surface area contributed by atoms with E-state index in [2.05, 4.69) is 10.6 Å². The molecule has 0 spiro atoms. The molecule has 5 rings (SSSR count). The summed E-state index contributed by atoms with van der Waals surface area (Å²) in [5.41, 5.74) is 3.94. The first-order valence-corrected chi connectivity index (χ1v) is 13.6. The van der Waals surface area contributed by atoms with Gasteiger partial charge in [0, 0.05) is 11.1 Å². The van der Waals surface area contributed by atoms with Crippen LogP contribution < -0.4 is 10.6 Å². The third-order valence-electron chi connectivity index (χ3n) is 7.05. The molecule has 210 valence electrons. The molecule has 0 unspecified atom stereocenters. The Labute approximate surface area is 236 Å². The summed E-state index contributed by atoms with van der Waals surface area (Å²) in [6, 6.07) is 16.1. The van der Waals surface area contributed by atoms with Gasteiger partial charge in [-0.25, -0.2) is 9.18 Å². The fraction of sp³-hybridized carbons (Fsp3) is 0.250. The standard InChI is InChI=1S/C32H30FN3O5/c1-3-24-29-28(31(38)36-24)26(20-10-12-21(13-11-20)30(37)34-18-23-6-5-17-41-23)27(32(39)40-4-2)25(35-29)16-9-19-7-14-22(33)15-8-19/h5-8,10-15,17,24H,3-4,9,16,18H2,1-2H3,(H,34,37)(H,36,38)/t24-/m0/s1. The summed E-state index contributed by atoms with van der Waals surface area (Å²) in [6.45, 7) is 4.06. The molecule has 8 nitrogen and oxygen atoms in total. The predicted octanol–water partition coefficient (Wildman–Crippen LogP) is 5.57. The van der Waals surface area contributed by atoms with Gasteiger partial charge in [-0.05, 0) is 73.7 Å².